The second kappa shape index (κ2) is 4.06. The van der Waals surface area contributed by atoms with Crippen molar-refractivity contribution >= 4 is 5.97 Å². The molecule has 0 unspecified atom stereocenters. The van der Waals surface area contributed by atoms with Crippen molar-refractivity contribution in [3.8, 4) is 0 Å². The van der Waals surface area contributed by atoms with Gasteiger partial charge in [0.1, 0.15) is 0 Å². The molecule has 0 aromatic heterocycles. The third kappa shape index (κ3) is 3.70. The van der Waals surface area contributed by atoms with Gasteiger partial charge in [0.2, 0.25) is 5.97 Å². The third-order valence-corrected chi connectivity index (χ3v) is 0.944. The average Bonchev–Trinajstić information content (AvgIpc) is 1.87. The molecule has 0 saturated heterocycles. The summed E-state index contributed by atoms with van der Waals surface area (Å²) in [5.41, 5.74) is 0.762. The summed E-state index contributed by atoms with van der Waals surface area (Å²) in [5.74, 6) is -0.457. The lowest BCUT2D eigenvalue weighted by atomic mass is 10.4. The molecule has 2 nitrogen and oxygen atoms in total. The second-order valence-electron chi connectivity index (χ2n) is 1.62. The van der Waals surface area contributed by atoms with Gasteiger partial charge in [0, 0.05) is 25.9 Å². The molecule has 0 saturated carbocycles. The quantitative estimate of drug-likeness (QED) is 0.556. The Bertz CT molecular complexity index is 138. The smallest absolute Gasteiger partial charge is 0.209 e. The molecule has 0 aliphatic carbocycles. The van der Waals surface area contributed by atoms with Crippen LogP contribution in [-0.2, 0) is 0 Å². The van der Waals surface area contributed by atoms with Gasteiger partial charge < -0.3 is 5.32 Å². The Morgan fingerprint density at radius 2 is 2.22 bits per heavy atom. The van der Waals surface area contributed by atoms with E-state index in [1.807, 2.05) is 0 Å². The van der Waals surface area contributed by atoms with Gasteiger partial charge in [-0.15, -0.1) is 0 Å². The molecule has 1 N–H and O–H groups in total. The Morgan fingerprint density at radius 1 is 1.67 bits per heavy atom. The van der Waals surface area contributed by atoms with Crippen LogP contribution in [0.15, 0.2) is 16.8 Å². The van der Waals surface area contributed by atoms with E-state index >= 15 is 0 Å². The van der Waals surface area contributed by atoms with Crippen LogP contribution >= 0.6 is 0 Å². The van der Waals surface area contributed by atoms with Crippen LogP contribution in [0.2, 0.25) is 0 Å². The molecule has 0 rings (SSSR count). The molecular formula is C6H11FN2. The van der Waals surface area contributed by atoms with Crippen molar-refractivity contribution in [2.75, 3.05) is 14.1 Å². The van der Waals surface area contributed by atoms with Crippen LogP contribution in [-0.4, -0.2) is 20.1 Å². The minimum atomic E-state index is -0.457. The molecule has 0 spiro atoms. The standard InChI is InChI=1S/C6H11FN2/c1-5(8-2)4-6(7)9-3/h4,8H,1-3H3. The Labute approximate surface area is 54.5 Å². The van der Waals surface area contributed by atoms with Crippen molar-refractivity contribution < 1.29 is 4.39 Å². The lowest BCUT2D eigenvalue weighted by Crippen LogP contribution is -2.02. The SMILES string of the molecule is CN=C(F)C=C(C)NC. The maximum absolute atomic E-state index is 12.2. The number of hydrogen-bond donors (Lipinski definition) is 1. The molecule has 52 valence electrons. The van der Waals surface area contributed by atoms with E-state index in [9.17, 15) is 4.39 Å². The van der Waals surface area contributed by atoms with Gasteiger partial charge in [0.15, 0.2) is 0 Å². The molecule has 0 atom stereocenters. The molecule has 0 aliphatic rings. The minimum Gasteiger partial charge on any atom is -0.392 e. The fourth-order valence-electron chi connectivity index (χ4n) is 0.315. The predicted octanol–water partition coefficient (Wildman–Crippen LogP) is 1.11. The molecule has 0 amide bonds. The van der Waals surface area contributed by atoms with E-state index in [0.717, 1.165) is 5.70 Å². The number of nitrogens with one attached hydrogen (secondary N) is 1. The first-order valence-electron chi connectivity index (χ1n) is 2.69. The second-order valence-corrected chi connectivity index (χ2v) is 1.62. The van der Waals surface area contributed by atoms with Crippen molar-refractivity contribution in [2.24, 2.45) is 4.99 Å². The Balaban J connectivity index is 3.95. The summed E-state index contributed by atoms with van der Waals surface area (Å²) < 4.78 is 12.2. The van der Waals surface area contributed by atoms with Gasteiger partial charge in [-0.25, -0.2) is 0 Å². The maximum Gasteiger partial charge on any atom is 0.209 e. The molecule has 3 heteroatoms. The molecule has 0 heterocycles. The fraction of sp³-hybridized carbons (Fsp3) is 0.500. The number of nitrogens with zero attached hydrogens (tertiary/aromatic N) is 1. The molecule has 0 radical (unpaired) electrons. The van der Waals surface area contributed by atoms with E-state index in [-0.39, 0.29) is 0 Å². The summed E-state index contributed by atoms with van der Waals surface area (Å²) in [5, 5.41) is 2.77. The topological polar surface area (TPSA) is 24.4 Å². The summed E-state index contributed by atoms with van der Waals surface area (Å²) in [6.45, 7) is 1.77. The van der Waals surface area contributed by atoms with Crippen LogP contribution in [0.25, 0.3) is 0 Å². The molecule has 0 aromatic carbocycles. The average molecular weight is 130 g/mol. The van der Waals surface area contributed by atoms with Crippen molar-refractivity contribution in [1.82, 2.24) is 5.32 Å². The van der Waals surface area contributed by atoms with Crippen LogP contribution in [0.4, 0.5) is 4.39 Å². The third-order valence-electron chi connectivity index (χ3n) is 0.944. The molecule has 0 aliphatic heterocycles. The lowest BCUT2D eigenvalue weighted by molar-refractivity contribution is 0.805. The minimum absolute atomic E-state index is 0.457. The van der Waals surface area contributed by atoms with Gasteiger partial charge in [-0.05, 0) is 6.92 Å². The number of halogens is 1. The Kier molecular flexibility index (Phi) is 3.67. The highest BCUT2D eigenvalue weighted by molar-refractivity contribution is 5.86. The largest absolute Gasteiger partial charge is 0.392 e. The molecule has 9 heavy (non-hydrogen) atoms. The van der Waals surface area contributed by atoms with E-state index in [1.54, 1.807) is 14.0 Å². The highest BCUT2D eigenvalue weighted by atomic mass is 19.1. The Morgan fingerprint density at radius 3 is 2.56 bits per heavy atom. The molecule has 0 fully saturated rings. The first-order valence-corrected chi connectivity index (χ1v) is 2.69. The van der Waals surface area contributed by atoms with Gasteiger partial charge in [-0.3, -0.25) is 4.99 Å². The number of rotatable bonds is 2. The molecule has 0 bridgehead atoms. The van der Waals surface area contributed by atoms with Gasteiger partial charge in [-0.1, -0.05) is 0 Å². The highest BCUT2D eigenvalue weighted by Gasteiger charge is 1.87. The van der Waals surface area contributed by atoms with E-state index in [1.165, 1.54) is 13.1 Å². The van der Waals surface area contributed by atoms with Gasteiger partial charge in [-0.2, -0.15) is 4.39 Å². The summed E-state index contributed by atoms with van der Waals surface area (Å²) in [6.07, 6.45) is 1.33. The zero-order valence-electron chi connectivity index (χ0n) is 5.90. The lowest BCUT2D eigenvalue weighted by Gasteiger charge is -1.94. The zero-order valence-corrected chi connectivity index (χ0v) is 5.90. The van der Waals surface area contributed by atoms with Crippen LogP contribution in [0, 0.1) is 0 Å². The molecular weight excluding hydrogens is 119 g/mol. The van der Waals surface area contributed by atoms with Gasteiger partial charge >= 0.3 is 0 Å². The van der Waals surface area contributed by atoms with Crippen LogP contribution in [0.3, 0.4) is 0 Å². The first kappa shape index (κ1) is 8.14. The maximum atomic E-state index is 12.2. The summed E-state index contributed by atoms with van der Waals surface area (Å²) >= 11 is 0. The van der Waals surface area contributed by atoms with Crippen LogP contribution < -0.4 is 5.32 Å². The number of hydrogen-bond acceptors (Lipinski definition) is 2. The summed E-state index contributed by atoms with van der Waals surface area (Å²) in [7, 11) is 3.14. The van der Waals surface area contributed by atoms with E-state index in [4.69, 9.17) is 0 Å². The van der Waals surface area contributed by atoms with E-state index in [2.05, 4.69) is 10.3 Å². The number of aliphatic imine (C=N–C) groups is 1. The highest BCUT2D eigenvalue weighted by Crippen LogP contribution is 1.88. The molecule has 0 aromatic rings. The zero-order chi connectivity index (χ0) is 7.28. The summed E-state index contributed by atoms with van der Waals surface area (Å²) in [6, 6.07) is 0. The Hall–Kier alpha value is -0.860. The van der Waals surface area contributed by atoms with E-state index in [0.29, 0.717) is 0 Å². The van der Waals surface area contributed by atoms with Crippen molar-refractivity contribution in [2.45, 2.75) is 6.92 Å². The van der Waals surface area contributed by atoms with Crippen molar-refractivity contribution in [1.29, 1.82) is 0 Å². The first-order chi connectivity index (χ1) is 4.20. The predicted molar refractivity (Wildman–Crippen MR) is 37.3 cm³/mol. The number of allylic oxidation sites excluding steroid dienone is 2. The van der Waals surface area contributed by atoms with Crippen molar-refractivity contribution in [3.05, 3.63) is 11.8 Å². The van der Waals surface area contributed by atoms with E-state index < -0.39 is 5.97 Å². The monoisotopic (exact) mass is 130 g/mol. The van der Waals surface area contributed by atoms with Crippen molar-refractivity contribution in [3.63, 3.8) is 0 Å². The normalized spacial score (nSPS) is 13.8. The van der Waals surface area contributed by atoms with Gasteiger partial charge in [0.25, 0.3) is 0 Å². The fourth-order valence-corrected chi connectivity index (χ4v) is 0.315. The summed E-state index contributed by atoms with van der Waals surface area (Å²) in [4.78, 5) is 3.31. The van der Waals surface area contributed by atoms with Crippen LogP contribution in [0.1, 0.15) is 6.92 Å². The van der Waals surface area contributed by atoms with Crippen LogP contribution in [0.5, 0.6) is 0 Å². The van der Waals surface area contributed by atoms with Gasteiger partial charge in [0.05, 0.1) is 0 Å².